The molecule has 0 saturated carbocycles. The summed E-state index contributed by atoms with van der Waals surface area (Å²) >= 11 is 0. The van der Waals surface area contributed by atoms with Crippen LogP contribution in [0.15, 0.2) is 65.1 Å². The molecule has 190 valence electrons. The van der Waals surface area contributed by atoms with Crippen molar-refractivity contribution in [3.63, 3.8) is 0 Å². The van der Waals surface area contributed by atoms with Crippen molar-refractivity contribution in [2.24, 2.45) is 5.92 Å². The minimum atomic E-state index is -0.313. The second-order valence-electron chi connectivity index (χ2n) is 8.99. The molecule has 1 saturated heterocycles. The summed E-state index contributed by atoms with van der Waals surface area (Å²) in [5.41, 5.74) is 1.70. The van der Waals surface area contributed by atoms with Crippen LogP contribution in [-0.2, 0) is 29.2 Å². The third-order valence-corrected chi connectivity index (χ3v) is 6.27. The minimum Gasteiger partial charge on any atom is -0.466 e. The van der Waals surface area contributed by atoms with Gasteiger partial charge in [0.15, 0.2) is 5.76 Å². The number of benzene rings is 2. The molecule has 0 N–H and O–H groups in total. The number of carbonyl (C=O) groups is 2. The maximum absolute atomic E-state index is 13.7. The lowest BCUT2D eigenvalue weighted by Crippen LogP contribution is -2.40. The molecule has 2 heterocycles. The van der Waals surface area contributed by atoms with Crippen LogP contribution in [0.1, 0.15) is 47.2 Å². The van der Waals surface area contributed by atoms with Gasteiger partial charge in [-0.05, 0) is 67.3 Å². The van der Waals surface area contributed by atoms with E-state index in [-0.39, 0.29) is 35.2 Å². The average molecular weight is 497 g/mol. The number of amides is 1. The van der Waals surface area contributed by atoms with Crippen molar-refractivity contribution >= 4 is 11.9 Å². The third kappa shape index (κ3) is 6.79. The van der Waals surface area contributed by atoms with Crippen LogP contribution in [0.5, 0.6) is 0 Å². The summed E-state index contributed by atoms with van der Waals surface area (Å²) in [6, 6.07) is 16.1. The smallest absolute Gasteiger partial charge is 0.309 e. The van der Waals surface area contributed by atoms with Crippen LogP contribution in [0.25, 0.3) is 0 Å². The second kappa shape index (κ2) is 11.9. The van der Waals surface area contributed by atoms with E-state index in [0.29, 0.717) is 57.9 Å². The summed E-state index contributed by atoms with van der Waals surface area (Å²) in [5, 5.41) is 0. The van der Waals surface area contributed by atoms with Crippen LogP contribution < -0.4 is 0 Å². The van der Waals surface area contributed by atoms with Gasteiger partial charge in [-0.25, -0.2) is 8.78 Å². The Labute approximate surface area is 209 Å². The molecule has 0 spiro atoms. The number of rotatable bonds is 9. The molecule has 0 aliphatic carbocycles. The number of hydrogen-bond donors (Lipinski definition) is 0. The molecule has 1 aromatic heterocycles. The molecule has 36 heavy (non-hydrogen) atoms. The number of esters is 1. The largest absolute Gasteiger partial charge is 0.466 e. The number of halogens is 2. The summed E-state index contributed by atoms with van der Waals surface area (Å²) < 4.78 is 38.1. The Balaban J connectivity index is 1.41. The molecule has 2 aromatic carbocycles. The molecule has 1 aliphatic rings. The SMILES string of the molecule is CCOC(=O)C1CCN(C(=O)c2ccc(CN(Cc3ccc(F)cc3)Cc3cccc(F)c3)o2)CC1. The van der Waals surface area contributed by atoms with E-state index in [4.69, 9.17) is 9.15 Å². The van der Waals surface area contributed by atoms with Crippen LogP contribution in [0.2, 0.25) is 0 Å². The molecule has 0 unspecified atom stereocenters. The van der Waals surface area contributed by atoms with Crippen molar-refractivity contribution in [3.8, 4) is 0 Å². The van der Waals surface area contributed by atoms with Gasteiger partial charge in [0.2, 0.25) is 0 Å². The van der Waals surface area contributed by atoms with Crippen molar-refractivity contribution < 1.29 is 27.5 Å². The summed E-state index contributed by atoms with van der Waals surface area (Å²) in [6.07, 6.45) is 1.13. The Hall–Kier alpha value is -3.52. The first-order valence-corrected chi connectivity index (χ1v) is 12.2. The first kappa shape index (κ1) is 25.6. The molecule has 0 bridgehead atoms. The molecule has 1 amide bonds. The highest BCUT2D eigenvalue weighted by Gasteiger charge is 2.29. The van der Waals surface area contributed by atoms with E-state index in [0.717, 1.165) is 11.1 Å². The number of hydrogen-bond acceptors (Lipinski definition) is 5. The fourth-order valence-electron chi connectivity index (χ4n) is 4.44. The number of nitrogens with zero attached hydrogens (tertiary/aromatic N) is 2. The first-order valence-electron chi connectivity index (χ1n) is 12.2. The minimum absolute atomic E-state index is 0.177. The van der Waals surface area contributed by atoms with E-state index in [9.17, 15) is 18.4 Å². The van der Waals surface area contributed by atoms with Gasteiger partial charge >= 0.3 is 5.97 Å². The highest BCUT2D eigenvalue weighted by Crippen LogP contribution is 2.22. The Morgan fingerprint density at radius 2 is 1.67 bits per heavy atom. The first-order chi connectivity index (χ1) is 17.4. The van der Waals surface area contributed by atoms with Crippen LogP contribution >= 0.6 is 0 Å². The highest BCUT2D eigenvalue weighted by molar-refractivity contribution is 5.91. The zero-order chi connectivity index (χ0) is 25.5. The van der Waals surface area contributed by atoms with Crippen molar-refractivity contribution in [1.29, 1.82) is 0 Å². The summed E-state index contributed by atoms with van der Waals surface area (Å²) in [5.74, 6) is -0.375. The maximum Gasteiger partial charge on any atom is 0.309 e. The van der Waals surface area contributed by atoms with E-state index in [1.165, 1.54) is 24.3 Å². The van der Waals surface area contributed by atoms with E-state index in [2.05, 4.69) is 0 Å². The second-order valence-corrected chi connectivity index (χ2v) is 8.99. The zero-order valence-corrected chi connectivity index (χ0v) is 20.3. The fourth-order valence-corrected chi connectivity index (χ4v) is 4.44. The van der Waals surface area contributed by atoms with Gasteiger partial charge in [0, 0.05) is 26.2 Å². The standard InChI is InChI=1S/C28H30F2N2O4/c1-2-35-28(34)22-12-14-32(15-13-22)27(33)26-11-10-25(36-26)19-31(17-20-6-8-23(29)9-7-20)18-21-4-3-5-24(30)16-21/h3-11,16,22H,2,12-15,17-19H2,1H3. The van der Waals surface area contributed by atoms with Gasteiger partial charge in [-0.15, -0.1) is 0 Å². The van der Waals surface area contributed by atoms with Gasteiger partial charge in [-0.2, -0.15) is 0 Å². The van der Waals surface area contributed by atoms with Crippen molar-refractivity contribution in [2.75, 3.05) is 19.7 Å². The molecular weight excluding hydrogens is 466 g/mol. The lowest BCUT2D eigenvalue weighted by atomic mass is 9.97. The number of ether oxygens (including phenoxy) is 1. The monoisotopic (exact) mass is 496 g/mol. The van der Waals surface area contributed by atoms with Crippen LogP contribution in [-0.4, -0.2) is 41.4 Å². The molecular formula is C28H30F2N2O4. The molecule has 4 rings (SSSR count). The lowest BCUT2D eigenvalue weighted by Gasteiger charge is -2.30. The molecule has 0 atom stereocenters. The van der Waals surface area contributed by atoms with Gasteiger partial charge in [0.25, 0.3) is 5.91 Å². The molecule has 1 fully saturated rings. The Bertz CT molecular complexity index is 1170. The maximum atomic E-state index is 13.7. The molecule has 1 aliphatic heterocycles. The number of furan rings is 1. The molecule has 0 radical (unpaired) electrons. The van der Waals surface area contributed by atoms with E-state index >= 15 is 0 Å². The van der Waals surface area contributed by atoms with Crippen LogP contribution in [0.4, 0.5) is 8.78 Å². The van der Waals surface area contributed by atoms with Gasteiger partial charge in [0.1, 0.15) is 17.4 Å². The topological polar surface area (TPSA) is 63.0 Å². The predicted molar refractivity (Wildman–Crippen MR) is 130 cm³/mol. The fraction of sp³-hybridized carbons (Fsp3) is 0.357. The predicted octanol–water partition coefficient (Wildman–Crippen LogP) is 5.18. The highest BCUT2D eigenvalue weighted by atomic mass is 19.1. The van der Waals surface area contributed by atoms with Gasteiger partial charge < -0.3 is 14.1 Å². The van der Waals surface area contributed by atoms with Crippen molar-refractivity contribution in [3.05, 3.63) is 94.9 Å². The summed E-state index contributed by atoms with van der Waals surface area (Å²) in [7, 11) is 0. The van der Waals surface area contributed by atoms with Crippen molar-refractivity contribution in [2.45, 2.75) is 39.4 Å². The van der Waals surface area contributed by atoms with Crippen LogP contribution in [0, 0.1) is 17.6 Å². The van der Waals surface area contributed by atoms with E-state index in [1.807, 2.05) is 11.0 Å². The molecule has 6 nitrogen and oxygen atoms in total. The molecule has 8 heteroatoms. The Kier molecular flexibility index (Phi) is 8.48. The normalized spacial score (nSPS) is 14.3. The quantitative estimate of drug-likeness (QED) is 0.382. The Morgan fingerprint density at radius 3 is 2.36 bits per heavy atom. The lowest BCUT2D eigenvalue weighted by molar-refractivity contribution is -0.149. The van der Waals surface area contributed by atoms with E-state index < -0.39 is 0 Å². The Morgan fingerprint density at radius 1 is 0.944 bits per heavy atom. The van der Waals surface area contributed by atoms with Gasteiger partial charge in [-0.3, -0.25) is 14.5 Å². The zero-order valence-electron chi connectivity index (χ0n) is 20.3. The van der Waals surface area contributed by atoms with Crippen LogP contribution in [0.3, 0.4) is 0 Å². The summed E-state index contributed by atoms with van der Waals surface area (Å²) in [4.78, 5) is 28.7. The third-order valence-electron chi connectivity index (χ3n) is 6.27. The number of carbonyl (C=O) groups excluding carboxylic acids is 2. The molecule has 3 aromatic rings. The van der Waals surface area contributed by atoms with Gasteiger partial charge in [0.05, 0.1) is 19.1 Å². The number of piperidine rings is 1. The van der Waals surface area contributed by atoms with Gasteiger partial charge in [-0.1, -0.05) is 24.3 Å². The van der Waals surface area contributed by atoms with Crippen molar-refractivity contribution in [1.82, 2.24) is 9.80 Å². The summed E-state index contributed by atoms with van der Waals surface area (Å²) in [6.45, 7) is 4.38. The number of likely N-dealkylation sites (tertiary alicyclic amines) is 1. The average Bonchev–Trinajstić information content (AvgIpc) is 3.33. The van der Waals surface area contributed by atoms with E-state index in [1.54, 1.807) is 42.2 Å².